The van der Waals surface area contributed by atoms with Crippen LogP contribution in [-0.2, 0) is 28.8 Å². The van der Waals surface area contributed by atoms with E-state index in [1.54, 1.807) is 13.8 Å². The summed E-state index contributed by atoms with van der Waals surface area (Å²) in [6.45, 7) is 4.49. The van der Waals surface area contributed by atoms with Crippen LogP contribution >= 0.6 is 0 Å². The minimum absolute atomic E-state index is 0.279. The highest BCUT2D eigenvalue weighted by Gasteiger charge is 2.33. The summed E-state index contributed by atoms with van der Waals surface area (Å²) in [5, 5.41) is 34.7. The number of amides is 4. The molecule has 188 valence electrons. The lowest BCUT2D eigenvalue weighted by Gasteiger charge is -2.27. The van der Waals surface area contributed by atoms with E-state index in [1.165, 1.54) is 0 Å². The van der Waals surface area contributed by atoms with Gasteiger partial charge in [-0.25, -0.2) is 4.79 Å². The van der Waals surface area contributed by atoms with E-state index in [-0.39, 0.29) is 12.8 Å². The Balaban J connectivity index is 5.56. The van der Waals surface area contributed by atoms with E-state index in [1.807, 2.05) is 0 Å². The molecule has 0 spiro atoms. The highest BCUT2D eigenvalue weighted by Crippen LogP contribution is 2.09. The quantitative estimate of drug-likeness (QED) is 0.119. The van der Waals surface area contributed by atoms with E-state index in [2.05, 4.69) is 16.0 Å². The Labute approximate surface area is 190 Å². The fourth-order valence-corrected chi connectivity index (χ4v) is 2.70. The monoisotopic (exact) mass is 475 g/mol. The van der Waals surface area contributed by atoms with Crippen molar-refractivity contribution in [1.82, 2.24) is 16.0 Å². The van der Waals surface area contributed by atoms with Gasteiger partial charge in [0.2, 0.25) is 23.6 Å². The van der Waals surface area contributed by atoms with Crippen LogP contribution in [-0.4, -0.2) is 81.2 Å². The summed E-state index contributed by atoms with van der Waals surface area (Å²) in [7, 11) is 0. The normalized spacial score (nSPS) is 16.3. The lowest BCUT2D eigenvalue weighted by Crippen LogP contribution is -2.60. The molecule has 14 nitrogen and oxygen atoms in total. The SMILES string of the molecule is CCC(C)C(NC(=O)C(CCC(N)=O)NC(=O)C(NC(=O)C(N)CC(=O)O)C(C)O)C(=O)O. The Hall–Kier alpha value is -3.26. The minimum Gasteiger partial charge on any atom is -0.481 e. The van der Waals surface area contributed by atoms with Gasteiger partial charge in [0.25, 0.3) is 0 Å². The summed E-state index contributed by atoms with van der Waals surface area (Å²) in [4.78, 5) is 70.8. The summed E-state index contributed by atoms with van der Waals surface area (Å²) >= 11 is 0. The average molecular weight is 475 g/mol. The summed E-state index contributed by atoms with van der Waals surface area (Å²) in [5.74, 6) is -6.85. The van der Waals surface area contributed by atoms with Crippen molar-refractivity contribution >= 4 is 35.6 Å². The van der Waals surface area contributed by atoms with Gasteiger partial charge in [0.1, 0.15) is 18.1 Å². The molecule has 6 atom stereocenters. The zero-order valence-electron chi connectivity index (χ0n) is 18.7. The number of aliphatic carboxylic acids is 2. The van der Waals surface area contributed by atoms with Crippen LogP contribution in [0.3, 0.4) is 0 Å². The molecule has 0 bridgehead atoms. The first-order chi connectivity index (χ1) is 15.2. The zero-order valence-corrected chi connectivity index (χ0v) is 18.7. The van der Waals surface area contributed by atoms with Crippen LogP contribution in [0.2, 0.25) is 0 Å². The highest BCUT2D eigenvalue weighted by molar-refractivity contribution is 5.95. The Morgan fingerprint density at radius 2 is 1.42 bits per heavy atom. The lowest BCUT2D eigenvalue weighted by molar-refractivity contribution is -0.144. The fraction of sp³-hybridized carbons (Fsp3) is 0.684. The Bertz CT molecular complexity index is 743. The topological polar surface area (TPSA) is 251 Å². The first kappa shape index (κ1) is 29.7. The van der Waals surface area contributed by atoms with Crippen LogP contribution in [0.15, 0.2) is 0 Å². The van der Waals surface area contributed by atoms with E-state index in [4.69, 9.17) is 16.6 Å². The highest BCUT2D eigenvalue weighted by atomic mass is 16.4. The maximum atomic E-state index is 12.7. The molecule has 0 aromatic rings. The van der Waals surface area contributed by atoms with E-state index in [9.17, 15) is 39.0 Å². The molecule has 0 aromatic heterocycles. The molecule has 0 saturated carbocycles. The predicted octanol–water partition coefficient (Wildman–Crippen LogP) is -2.98. The van der Waals surface area contributed by atoms with Gasteiger partial charge >= 0.3 is 11.9 Å². The average Bonchev–Trinajstić information content (AvgIpc) is 2.70. The number of carboxylic acid groups (broad SMARTS) is 2. The molecule has 33 heavy (non-hydrogen) atoms. The van der Waals surface area contributed by atoms with E-state index >= 15 is 0 Å². The van der Waals surface area contributed by atoms with Gasteiger partial charge in [-0.05, 0) is 19.3 Å². The Morgan fingerprint density at radius 1 is 0.879 bits per heavy atom. The van der Waals surface area contributed by atoms with Crippen LogP contribution in [0.5, 0.6) is 0 Å². The summed E-state index contributed by atoms with van der Waals surface area (Å²) < 4.78 is 0. The molecule has 0 fully saturated rings. The number of aliphatic hydroxyl groups excluding tert-OH is 1. The number of nitrogens with two attached hydrogens (primary N) is 2. The van der Waals surface area contributed by atoms with Crippen molar-refractivity contribution in [3.63, 3.8) is 0 Å². The van der Waals surface area contributed by atoms with Gasteiger partial charge in [0.05, 0.1) is 18.6 Å². The predicted molar refractivity (Wildman–Crippen MR) is 113 cm³/mol. The summed E-state index contributed by atoms with van der Waals surface area (Å²) in [6, 6.07) is -5.80. The van der Waals surface area contributed by atoms with E-state index < -0.39 is 78.2 Å². The second kappa shape index (κ2) is 14.0. The maximum absolute atomic E-state index is 12.7. The lowest BCUT2D eigenvalue weighted by atomic mass is 9.98. The smallest absolute Gasteiger partial charge is 0.326 e. The molecule has 0 aromatic carbocycles. The number of hydrogen-bond acceptors (Lipinski definition) is 8. The van der Waals surface area contributed by atoms with Crippen molar-refractivity contribution in [1.29, 1.82) is 0 Å². The largest absolute Gasteiger partial charge is 0.481 e. The van der Waals surface area contributed by atoms with Gasteiger partial charge < -0.3 is 42.7 Å². The van der Waals surface area contributed by atoms with Crippen LogP contribution in [0, 0.1) is 5.92 Å². The number of hydrogen-bond donors (Lipinski definition) is 8. The molecular formula is C19H33N5O9. The van der Waals surface area contributed by atoms with Crippen molar-refractivity contribution < 1.29 is 44.1 Å². The molecule has 14 heteroatoms. The van der Waals surface area contributed by atoms with Crippen molar-refractivity contribution in [3.8, 4) is 0 Å². The van der Waals surface area contributed by atoms with Crippen LogP contribution in [0.25, 0.3) is 0 Å². The zero-order chi connectivity index (χ0) is 25.9. The van der Waals surface area contributed by atoms with Gasteiger partial charge in [0, 0.05) is 6.42 Å². The van der Waals surface area contributed by atoms with Crippen LogP contribution < -0.4 is 27.4 Å². The number of carbonyl (C=O) groups excluding carboxylic acids is 4. The molecular weight excluding hydrogens is 442 g/mol. The van der Waals surface area contributed by atoms with Gasteiger partial charge in [-0.1, -0.05) is 20.3 Å². The third-order valence-electron chi connectivity index (χ3n) is 4.88. The summed E-state index contributed by atoms with van der Waals surface area (Å²) in [5.41, 5.74) is 10.5. The molecule has 0 saturated heterocycles. The standard InChI is InChI=1S/C19H33N5O9/c1-4-8(2)14(19(32)33)23-17(30)11(5-6-12(21)26)22-18(31)15(9(3)25)24-16(29)10(20)7-13(27)28/h8-11,14-15,25H,4-7,20H2,1-3H3,(H2,21,26)(H,22,31)(H,23,30)(H,24,29)(H,27,28)(H,32,33). The molecule has 10 N–H and O–H groups in total. The van der Waals surface area contributed by atoms with E-state index in [0.717, 1.165) is 6.92 Å². The third-order valence-corrected chi connectivity index (χ3v) is 4.88. The molecule has 0 aliphatic rings. The van der Waals surface area contributed by atoms with Gasteiger partial charge in [-0.15, -0.1) is 0 Å². The number of rotatable bonds is 15. The van der Waals surface area contributed by atoms with Crippen molar-refractivity contribution in [2.45, 2.75) is 76.7 Å². The number of nitrogens with one attached hydrogen (secondary N) is 3. The molecule has 0 radical (unpaired) electrons. The molecule has 0 rings (SSSR count). The van der Waals surface area contributed by atoms with Gasteiger partial charge in [-0.3, -0.25) is 24.0 Å². The molecule has 0 aliphatic heterocycles. The molecule has 6 unspecified atom stereocenters. The van der Waals surface area contributed by atoms with Crippen molar-refractivity contribution in [2.24, 2.45) is 17.4 Å². The number of aliphatic hydroxyl groups is 1. The number of primary amides is 1. The second-order valence-corrected chi connectivity index (χ2v) is 7.71. The first-order valence-corrected chi connectivity index (χ1v) is 10.3. The van der Waals surface area contributed by atoms with Crippen LogP contribution in [0.4, 0.5) is 0 Å². The Morgan fingerprint density at radius 3 is 1.85 bits per heavy atom. The first-order valence-electron chi connectivity index (χ1n) is 10.3. The van der Waals surface area contributed by atoms with Gasteiger partial charge in [0.15, 0.2) is 0 Å². The van der Waals surface area contributed by atoms with E-state index in [0.29, 0.717) is 6.42 Å². The molecule has 0 heterocycles. The minimum atomic E-state index is -1.62. The third kappa shape index (κ3) is 10.7. The fourth-order valence-electron chi connectivity index (χ4n) is 2.70. The second-order valence-electron chi connectivity index (χ2n) is 7.71. The van der Waals surface area contributed by atoms with Crippen LogP contribution in [0.1, 0.15) is 46.5 Å². The summed E-state index contributed by atoms with van der Waals surface area (Å²) in [6.07, 6.45) is -2.37. The number of carboxylic acids is 2. The maximum Gasteiger partial charge on any atom is 0.326 e. The van der Waals surface area contributed by atoms with Crippen molar-refractivity contribution in [3.05, 3.63) is 0 Å². The Kier molecular flexibility index (Phi) is 12.6. The van der Waals surface area contributed by atoms with Crippen molar-refractivity contribution in [2.75, 3.05) is 0 Å². The van der Waals surface area contributed by atoms with Gasteiger partial charge in [-0.2, -0.15) is 0 Å². The molecule has 0 aliphatic carbocycles. The molecule has 4 amide bonds. The number of carbonyl (C=O) groups is 6.